The lowest BCUT2D eigenvalue weighted by Crippen LogP contribution is -2.12. The Hall–Kier alpha value is -3.05. The van der Waals surface area contributed by atoms with E-state index in [1.54, 1.807) is 37.4 Å². The molecule has 0 aliphatic carbocycles. The van der Waals surface area contributed by atoms with Gasteiger partial charge in [0, 0.05) is 18.4 Å². The Kier molecular flexibility index (Phi) is 5.94. The van der Waals surface area contributed by atoms with Crippen LogP contribution in [-0.4, -0.2) is 18.0 Å². The summed E-state index contributed by atoms with van der Waals surface area (Å²) in [7, 11) is 1.54. The lowest BCUT2D eigenvalue weighted by molar-refractivity contribution is 0.102. The quantitative estimate of drug-likeness (QED) is 0.636. The van der Waals surface area contributed by atoms with Crippen molar-refractivity contribution in [2.24, 2.45) is 0 Å². The summed E-state index contributed by atoms with van der Waals surface area (Å²) in [5.41, 5.74) is 3.45. The van der Waals surface area contributed by atoms with Crippen LogP contribution in [0.4, 0.5) is 11.5 Å². The zero-order valence-corrected chi connectivity index (χ0v) is 15.9. The third-order valence-electron chi connectivity index (χ3n) is 4.03. The second-order valence-electron chi connectivity index (χ2n) is 6.07. The summed E-state index contributed by atoms with van der Waals surface area (Å²) < 4.78 is 5.10. The third-order valence-corrected chi connectivity index (χ3v) is 4.32. The fraction of sp³-hybridized carbons (Fsp3) is 0.143. The molecule has 0 aliphatic heterocycles. The zero-order valence-electron chi connectivity index (χ0n) is 15.1. The minimum Gasteiger partial charge on any atom is -0.495 e. The Balaban J connectivity index is 1.59. The van der Waals surface area contributed by atoms with Crippen molar-refractivity contribution in [3.05, 3.63) is 82.5 Å². The van der Waals surface area contributed by atoms with Crippen LogP contribution in [0.2, 0.25) is 5.02 Å². The van der Waals surface area contributed by atoms with Crippen molar-refractivity contribution in [3.63, 3.8) is 0 Å². The predicted octanol–water partition coefficient (Wildman–Crippen LogP) is 4.92. The molecule has 2 aromatic carbocycles. The Labute approximate surface area is 163 Å². The van der Waals surface area contributed by atoms with E-state index >= 15 is 0 Å². The van der Waals surface area contributed by atoms with Gasteiger partial charge in [-0.15, -0.1) is 0 Å². The molecule has 0 unspecified atom stereocenters. The van der Waals surface area contributed by atoms with E-state index in [-0.39, 0.29) is 5.91 Å². The predicted molar refractivity (Wildman–Crippen MR) is 109 cm³/mol. The van der Waals surface area contributed by atoms with Gasteiger partial charge in [0.1, 0.15) is 11.6 Å². The lowest BCUT2D eigenvalue weighted by atomic mass is 10.1. The average Bonchev–Trinajstić information content (AvgIpc) is 2.68. The largest absolute Gasteiger partial charge is 0.495 e. The van der Waals surface area contributed by atoms with Crippen LogP contribution in [0, 0.1) is 6.92 Å². The van der Waals surface area contributed by atoms with Gasteiger partial charge in [0.25, 0.3) is 5.91 Å². The van der Waals surface area contributed by atoms with Crippen LogP contribution < -0.4 is 15.4 Å². The number of nitrogens with one attached hydrogen (secondary N) is 2. The number of ether oxygens (including phenoxy) is 1. The van der Waals surface area contributed by atoms with E-state index in [0.717, 1.165) is 0 Å². The molecule has 2 N–H and O–H groups in total. The molecule has 3 rings (SSSR count). The summed E-state index contributed by atoms with van der Waals surface area (Å²) in [5.74, 6) is 1.01. The number of benzene rings is 2. The molecule has 0 radical (unpaired) electrons. The number of hydrogen-bond acceptors (Lipinski definition) is 4. The number of pyridine rings is 1. The van der Waals surface area contributed by atoms with Gasteiger partial charge in [0.2, 0.25) is 0 Å². The molecule has 0 atom stereocenters. The van der Waals surface area contributed by atoms with Gasteiger partial charge in [-0.25, -0.2) is 4.98 Å². The van der Waals surface area contributed by atoms with Crippen molar-refractivity contribution in [2.45, 2.75) is 13.5 Å². The van der Waals surface area contributed by atoms with Crippen LogP contribution in [0.3, 0.4) is 0 Å². The van der Waals surface area contributed by atoms with Gasteiger partial charge < -0.3 is 15.4 Å². The van der Waals surface area contributed by atoms with E-state index < -0.39 is 0 Å². The van der Waals surface area contributed by atoms with Gasteiger partial charge >= 0.3 is 0 Å². The number of carbonyl (C=O) groups excluding carboxylic acids is 1. The van der Waals surface area contributed by atoms with E-state index in [9.17, 15) is 4.79 Å². The van der Waals surface area contributed by atoms with Crippen LogP contribution in [0.5, 0.6) is 5.75 Å². The molecule has 1 heterocycles. The summed E-state index contributed by atoms with van der Waals surface area (Å²) in [6, 6.07) is 16.9. The molecular weight excluding hydrogens is 362 g/mol. The standard InChI is InChI=1S/C21H20ClN3O2/c1-14-3-5-15(6-4-14)12-23-20-10-7-16(13-24-20)21(26)25-17-8-9-19(27-2)18(22)11-17/h3-11,13H,12H2,1-2H3,(H,23,24)(H,25,26). The van der Waals surface area contributed by atoms with Crippen LogP contribution >= 0.6 is 11.6 Å². The molecule has 1 aromatic heterocycles. The number of nitrogens with zero attached hydrogens (tertiary/aromatic N) is 1. The van der Waals surface area contributed by atoms with Gasteiger partial charge in [-0.05, 0) is 42.8 Å². The third kappa shape index (κ3) is 4.99. The molecular formula is C21H20ClN3O2. The van der Waals surface area contributed by atoms with Crippen LogP contribution in [0.25, 0.3) is 0 Å². The highest BCUT2D eigenvalue weighted by Gasteiger charge is 2.09. The highest BCUT2D eigenvalue weighted by molar-refractivity contribution is 6.32. The molecule has 0 saturated carbocycles. The van der Waals surface area contributed by atoms with Gasteiger partial charge in [-0.1, -0.05) is 41.4 Å². The van der Waals surface area contributed by atoms with Crippen molar-refractivity contribution in [2.75, 3.05) is 17.7 Å². The number of aryl methyl sites for hydroxylation is 1. The first-order valence-corrected chi connectivity index (χ1v) is 8.83. The van der Waals surface area contributed by atoms with Crippen molar-refractivity contribution < 1.29 is 9.53 Å². The maximum Gasteiger partial charge on any atom is 0.257 e. The summed E-state index contributed by atoms with van der Waals surface area (Å²) in [6.45, 7) is 2.73. The average molecular weight is 382 g/mol. The number of aromatic nitrogens is 1. The smallest absolute Gasteiger partial charge is 0.257 e. The van der Waals surface area contributed by atoms with E-state index in [1.165, 1.54) is 17.3 Å². The van der Waals surface area contributed by atoms with Crippen molar-refractivity contribution in [1.82, 2.24) is 4.98 Å². The van der Waals surface area contributed by atoms with Gasteiger partial charge in [-0.2, -0.15) is 0 Å². The molecule has 0 spiro atoms. The molecule has 0 fully saturated rings. The summed E-state index contributed by atoms with van der Waals surface area (Å²) in [5, 5.41) is 6.47. The van der Waals surface area contributed by atoms with Crippen LogP contribution in [0.1, 0.15) is 21.5 Å². The summed E-state index contributed by atoms with van der Waals surface area (Å²) in [4.78, 5) is 16.7. The Morgan fingerprint density at radius 2 is 1.89 bits per heavy atom. The molecule has 27 heavy (non-hydrogen) atoms. The minimum atomic E-state index is -0.256. The molecule has 0 saturated heterocycles. The van der Waals surface area contributed by atoms with Crippen LogP contribution in [-0.2, 0) is 6.54 Å². The lowest BCUT2D eigenvalue weighted by Gasteiger charge is -2.09. The minimum absolute atomic E-state index is 0.256. The second-order valence-corrected chi connectivity index (χ2v) is 6.48. The number of hydrogen-bond donors (Lipinski definition) is 2. The van der Waals surface area contributed by atoms with E-state index in [2.05, 4.69) is 46.8 Å². The molecule has 138 valence electrons. The first kappa shape index (κ1) is 18.7. The number of rotatable bonds is 6. The van der Waals surface area contributed by atoms with Gasteiger partial charge in [-0.3, -0.25) is 4.79 Å². The van der Waals surface area contributed by atoms with Crippen molar-refractivity contribution >= 4 is 29.0 Å². The first-order valence-electron chi connectivity index (χ1n) is 8.45. The topological polar surface area (TPSA) is 63.2 Å². The summed E-state index contributed by atoms with van der Waals surface area (Å²) in [6.07, 6.45) is 1.54. The maximum absolute atomic E-state index is 12.4. The number of carbonyl (C=O) groups is 1. The fourth-order valence-electron chi connectivity index (χ4n) is 2.48. The van der Waals surface area contributed by atoms with Crippen molar-refractivity contribution in [3.8, 4) is 5.75 Å². The monoisotopic (exact) mass is 381 g/mol. The van der Waals surface area contributed by atoms with E-state index in [0.29, 0.717) is 34.4 Å². The highest BCUT2D eigenvalue weighted by Crippen LogP contribution is 2.27. The normalized spacial score (nSPS) is 10.3. The van der Waals surface area contributed by atoms with Gasteiger partial charge in [0.15, 0.2) is 0 Å². The van der Waals surface area contributed by atoms with Gasteiger partial charge in [0.05, 0.1) is 17.7 Å². The maximum atomic E-state index is 12.4. The second kappa shape index (κ2) is 8.56. The van der Waals surface area contributed by atoms with E-state index in [4.69, 9.17) is 16.3 Å². The molecule has 1 amide bonds. The summed E-state index contributed by atoms with van der Waals surface area (Å²) >= 11 is 6.08. The highest BCUT2D eigenvalue weighted by atomic mass is 35.5. The molecule has 0 bridgehead atoms. The Morgan fingerprint density at radius 3 is 2.52 bits per heavy atom. The number of amides is 1. The molecule has 6 heteroatoms. The SMILES string of the molecule is COc1ccc(NC(=O)c2ccc(NCc3ccc(C)cc3)nc2)cc1Cl. The first-order chi connectivity index (χ1) is 13.0. The molecule has 5 nitrogen and oxygen atoms in total. The number of methoxy groups -OCH3 is 1. The van der Waals surface area contributed by atoms with E-state index in [1.807, 2.05) is 0 Å². The Bertz CT molecular complexity index is 925. The molecule has 0 aliphatic rings. The van der Waals surface area contributed by atoms with Crippen LogP contribution in [0.15, 0.2) is 60.8 Å². The zero-order chi connectivity index (χ0) is 19.2. The molecule has 3 aromatic rings. The number of anilines is 2. The fourth-order valence-corrected chi connectivity index (χ4v) is 2.74. The number of halogens is 1. The Morgan fingerprint density at radius 1 is 1.11 bits per heavy atom. The van der Waals surface area contributed by atoms with Crippen molar-refractivity contribution in [1.29, 1.82) is 0 Å².